The standard InChI is InChI=1S/C17H30O4/c1-3-5-6-7-11-15(4-2)21-17(20)14-10-8-9-13(12-14)16(18)19/h13-15H,3-12H2,1-2H3,(H,18,19). The molecule has 0 saturated heterocycles. The van der Waals surface area contributed by atoms with Crippen molar-refractivity contribution in [3.05, 3.63) is 0 Å². The Kier molecular flexibility index (Phi) is 8.40. The van der Waals surface area contributed by atoms with Crippen LogP contribution >= 0.6 is 0 Å². The molecule has 1 aliphatic rings. The molecule has 1 aliphatic carbocycles. The third kappa shape index (κ3) is 6.49. The minimum Gasteiger partial charge on any atom is -0.481 e. The average molecular weight is 298 g/mol. The lowest BCUT2D eigenvalue weighted by Crippen LogP contribution is -2.30. The van der Waals surface area contributed by atoms with Crippen molar-refractivity contribution in [2.24, 2.45) is 11.8 Å². The van der Waals surface area contributed by atoms with Crippen LogP contribution in [0.3, 0.4) is 0 Å². The van der Waals surface area contributed by atoms with Gasteiger partial charge in [0, 0.05) is 0 Å². The van der Waals surface area contributed by atoms with Gasteiger partial charge >= 0.3 is 11.9 Å². The molecule has 0 bridgehead atoms. The highest BCUT2D eigenvalue weighted by Crippen LogP contribution is 2.30. The number of hydrogen-bond donors (Lipinski definition) is 1. The predicted octanol–water partition coefficient (Wildman–Crippen LogP) is 4.17. The van der Waals surface area contributed by atoms with Crippen molar-refractivity contribution in [1.82, 2.24) is 0 Å². The summed E-state index contributed by atoms with van der Waals surface area (Å²) in [6, 6.07) is 0. The van der Waals surface area contributed by atoms with Gasteiger partial charge < -0.3 is 9.84 Å². The first-order chi connectivity index (χ1) is 10.1. The number of unbranched alkanes of at least 4 members (excludes halogenated alkanes) is 3. The van der Waals surface area contributed by atoms with Gasteiger partial charge in [0.2, 0.25) is 0 Å². The van der Waals surface area contributed by atoms with Crippen molar-refractivity contribution in [2.75, 3.05) is 0 Å². The van der Waals surface area contributed by atoms with E-state index in [9.17, 15) is 9.59 Å². The van der Waals surface area contributed by atoms with Crippen LogP contribution in [0.4, 0.5) is 0 Å². The Bertz CT molecular complexity index is 327. The zero-order chi connectivity index (χ0) is 15.7. The summed E-state index contributed by atoms with van der Waals surface area (Å²) in [6.45, 7) is 4.22. The lowest BCUT2D eigenvalue weighted by atomic mass is 9.81. The second-order valence-corrected chi connectivity index (χ2v) is 6.22. The van der Waals surface area contributed by atoms with E-state index < -0.39 is 5.97 Å². The van der Waals surface area contributed by atoms with Gasteiger partial charge in [-0.05, 0) is 38.5 Å². The molecule has 0 aromatic heterocycles. The van der Waals surface area contributed by atoms with Crippen LogP contribution in [-0.2, 0) is 14.3 Å². The van der Waals surface area contributed by atoms with Crippen molar-refractivity contribution < 1.29 is 19.4 Å². The van der Waals surface area contributed by atoms with E-state index in [1.54, 1.807) is 0 Å². The maximum Gasteiger partial charge on any atom is 0.309 e. The van der Waals surface area contributed by atoms with Crippen LogP contribution < -0.4 is 0 Å². The van der Waals surface area contributed by atoms with E-state index in [4.69, 9.17) is 9.84 Å². The SMILES string of the molecule is CCCCCCC(CC)OC(=O)C1CCCC(C(=O)O)C1. The normalized spacial score (nSPS) is 23.5. The summed E-state index contributed by atoms with van der Waals surface area (Å²) < 4.78 is 5.62. The van der Waals surface area contributed by atoms with E-state index in [0.29, 0.717) is 12.8 Å². The first kappa shape index (κ1) is 18.0. The van der Waals surface area contributed by atoms with Crippen LogP contribution in [0.15, 0.2) is 0 Å². The fourth-order valence-corrected chi connectivity index (χ4v) is 3.03. The highest BCUT2D eigenvalue weighted by molar-refractivity contribution is 5.75. The molecule has 0 aromatic rings. The highest BCUT2D eigenvalue weighted by atomic mass is 16.5. The van der Waals surface area contributed by atoms with Crippen molar-refractivity contribution in [1.29, 1.82) is 0 Å². The zero-order valence-electron chi connectivity index (χ0n) is 13.5. The number of carboxylic acids is 1. The molecule has 0 heterocycles. The predicted molar refractivity (Wildman–Crippen MR) is 82.0 cm³/mol. The monoisotopic (exact) mass is 298 g/mol. The van der Waals surface area contributed by atoms with Gasteiger partial charge in [-0.3, -0.25) is 9.59 Å². The van der Waals surface area contributed by atoms with E-state index >= 15 is 0 Å². The van der Waals surface area contributed by atoms with Gasteiger partial charge in [-0.25, -0.2) is 0 Å². The second kappa shape index (κ2) is 9.80. The van der Waals surface area contributed by atoms with Crippen LogP contribution in [0.2, 0.25) is 0 Å². The van der Waals surface area contributed by atoms with E-state index in [1.165, 1.54) is 19.3 Å². The van der Waals surface area contributed by atoms with Crippen molar-refractivity contribution in [3.63, 3.8) is 0 Å². The Morgan fingerprint density at radius 3 is 2.48 bits per heavy atom. The van der Waals surface area contributed by atoms with Gasteiger partial charge in [0.05, 0.1) is 11.8 Å². The van der Waals surface area contributed by atoms with Crippen LogP contribution in [0.1, 0.15) is 78.1 Å². The lowest BCUT2D eigenvalue weighted by molar-refractivity contribution is -0.157. The molecule has 3 unspecified atom stereocenters. The summed E-state index contributed by atoms with van der Waals surface area (Å²) in [5.74, 6) is -1.55. The van der Waals surface area contributed by atoms with E-state index in [-0.39, 0.29) is 23.9 Å². The summed E-state index contributed by atoms with van der Waals surface area (Å²) >= 11 is 0. The molecule has 0 aromatic carbocycles. The molecule has 0 amide bonds. The van der Waals surface area contributed by atoms with E-state index in [2.05, 4.69) is 6.92 Å². The van der Waals surface area contributed by atoms with Crippen molar-refractivity contribution in [3.8, 4) is 0 Å². The summed E-state index contributed by atoms with van der Waals surface area (Å²) in [6.07, 6.45) is 9.20. The summed E-state index contributed by atoms with van der Waals surface area (Å²) in [5.41, 5.74) is 0. The molecule has 3 atom stereocenters. The maximum atomic E-state index is 12.2. The van der Waals surface area contributed by atoms with Gasteiger partial charge in [0.1, 0.15) is 6.10 Å². The molecule has 122 valence electrons. The number of hydrogen-bond acceptors (Lipinski definition) is 3. The molecule has 1 fully saturated rings. The van der Waals surface area contributed by atoms with E-state index in [1.807, 2.05) is 6.92 Å². The summed E-state index contributed by atoms with van der Waals surface area (Å²) in [5, 5.41) is 9.08. The number of aliphatic carboxylic acids is 1. The maximum absolute atomic E-state index is 12.2. The molecule has 21 heavy (non-hydrogen) atoms. The fraction of sp³-hybridized carbons (Fsp3) is 0.882. The van der Waals surface area contributed by atoms with Crippen LogP contribution in [0.25, 0.3) is 0 Å². The molecule has 0 radical (unpaired) electrons. The molecule has 1 N–H and O–H groups in total. The van der Waals surface area contributed by atoms with Gasteiger partial charge in [0.15, 0.2) is 0 Å². The Morgan fingerprint density at radius 1 is 1.14 bits per heavy atom. The smallest absolute Gasteiger partial charge is 0.309 e. The van der Waals surface area contributed by atoms with Crippen molar-refractivity contribution in [2.45, 2.75) is 84.2 Å². The molecule has 1 saturated carbocycles. The minimum absolute atomic E-state index is 0.000407. The number of rotatable bonds is 9. The zero-order valence-corrected chi connectivity index (χ0v) is 13.5. The third-order valence-corrected chi connectivity index (χ3v) is 4.47. The molecule has 4 nitrogen and oxygen atoms in total. The van der Waals surface area contributed by atoms with Crippen molar-refractivity contribution >= 4 is 11.9 Å². The molecular formula is C17H30O4. The molecular weight excluding hydrogens is 268 g/mol. The number of carbonyl (C=O) groups excluding carboxylic acids is 1. The summed E-state index contributed by atoms with van der Waals surface area (Å²) in [4.78, 5) is 23.3. The summed E-state index contributed by atoms with van der Waals surface area (Å²) in [7, 11) is 0. The number of esters is 1. The van der Waals surface area contributed by atoms with Crippen LogP contribution in [0, 0.1) is 11.8 Å². The first-order valence-electron chi connectivity index (χ1n) is 8.51. The Morgan fingerprint density at radius 2 is 1.86 bits per heavy atom. The van der Waals surface area contributed by atoms with E-state index in [0.717, 1.165) is 32.1 Å². The molecule has 0 spiro atoms. The third-order valence-electron chi connectivity index (χ3n) is 4.47. The first-order valence-corrected chi connectivity index (χ1v) is 8.51. The second-order valence-electron chi connectivity index (χ2n) is 6.22. The quantitative estimate of drug-likeness (QED) is 0.512. The number of carboxylic acid groups (broad SMARTS) is 1. The number of ether oxygens (including phenoxy) is 1. The lowest BCUT2D eigenvalue weighted by Gasteiger charge is -2.27. The van der Waals surface area contributed by atoms with Crippen LogP contribution in [0.5, 0.6) is 0 Å². The molecule has 0 aliphatic heterocycles. The highest BCUT2D eigenvalue weighted by Gasteiger charge is 2.32. The minimum atomic E-state index is -0.779. The van der Waals surface area contributed by atoms with Crippen LogP contribution in [-0.4, -0.2) is 23.1 Å². The molecule has 4 heteroatoms. The number of carbonyl (C=O) groups is 2. The largest absolute Gasteiger partial charge is 0.481 e. The Labute approximate surface area is 128 Å². The Balaban J connectivity index is 2.37. The molecule has 1 rings (SSSR count). The van der Waals surface area contributed by atoms with Gasteiger partial charge in [-0.2, -0.15) is 0 Å². The average Bonchev–Trinajstić information content (AvgIpc) is 2.50. The van der Waals surface area contributed by atoms with Gasteiger partial charge in [0.25, 0.3) is 0 Å². The van der Waals surface area contributed by atoms with Gasteiger partial charge in [-0.15, -0.1) is 0 Å². The topological polar surface area (TPSA) is 63.6 Å². The Hall–Kier alpha value is -1.06. The van der Waals surface area contributed by atoms with Gasteiger partial charge in [-0.1, -0.05) is 39.5 Å². The fourth-order valence-electron chi connectivity index (χ4n) is 3.03.